The van der Waals surface area contributed by atoms with Gasteiger partial charge in [-0.1, -0.05) is 13.8 Å². The molecule has 0 fully saturated rings. The summed E-state index contributed by atoms with van der Waals surface area (Å²) in [6.45, 7) is 11.9. The van der Waals surface area contributed by atoms with Gasteiger partial charge in [0.05, 0.1) is 5.69 Å². The zero-order chi connectivity index (χ0) is 12.0. The van der Waals surface area contributed by atoms with E-state index in [1.807, 2.05) is 6.92 Å². The molecule has 1 heterocycles. The fourth-order valence-corrected chi connectivity index (χ4v) is 1.80. The van der Waals surface area contributed by atoms with Crippen LogP contribution in [0, 0.1) is 19.8 Å². The van der Waals surface area contributed by atoms with Crippen molar-refractivity contribution < 1.29 is 0 Å². The van der Waals surface area contributed by atoms with E-state index < -0.39 is 0 Å². The smallest absolute Gasteiger partial charge is 0.0596 e. The van der Waals surface area contributed by atoms with Crippen LogP contribution in [-0.2, 0) is 6.54 Å². The van der Waals surface area contributed by atoms with Crippen molar-refractivity contribution in [3.63, 3.8) is 0 Å². The Balaban J connectivity index is 2.09. The third kappa shape index (κ3) is 4.79. The van der Waals surface area contributed by atoms with Crippen molar-refractivity contribution in [3.8, 4) is 0 Å². The normalized spacial score (nSPS) is 11.3. The number of aryl methyl sites for hydroxylation is 3. The van der Waals surface area contributed by atoms with Gasteiger partial charge in [0.2, 0.25) is 0 Å². The van der Waals surface area contributed by atoms with Gasteiger partial charge in [-0.2, -0.15) is 5.10 Å². The molecule has 0 unspecified atom stereocenters. The van der Waals surface area contributed by atoms with Crippen molar-refractivity contribution >= 4 is 0 Å². The zero-order valence-corrected chi connectivity index (χ0v) is 11.1. The predicted molar refractivity (Wildman–Crippen MR) is 68.6 cm³/mol. The maximum Gasteiger partial charge on any atom is 0.0596 e. The van der Waals surface area contributed by atoms with Crippen LogP contribution in [0.4, 0.5) is 0 Å². The lowest BCUT2D eigenvalue weighted by atomic mass is 10.2. The molecule has 0 saturated heterocycles. The molecule has 1 N–H and O–H groups in total. The van der Waals surface area contributed by atoms with Gasteiger partial charge >= 0.3 is 0 Å². The molecule has 0 aliphatic heterocycles. The first kappa shape index (κ1) is 13.2. The van der Waals surface area contributed by atoms with E-state index in [0.717, 1.165) is 31.2 Å². The van der Waals surface area contributed by atoms with Crippen LogP contribution in [0.25, 0.3) is 0 Å². The van der Waals surface area contributed by atoms with Gasteiger partial charge in [-0.25, -0.2) is 0 Å². The average molecular weight is 223 g/mol. The van der Waals surface area contributed by atoms with Gasteiger partial charge < -0.3 is 5.32 Å². The molecule has 0 amide bonds. The van der Waals surface area contributed by atoms with E-state index in [1.165, 1.54) is 18.5 Å². The summed E-state index contributed by atoms with van der Waals surface area (Å²) in [6, 6.07) is 2.14. The lowest BCUT2D eigenvalue weighted by Crippen LogP contribution is -2.21. The summed E-state index contributed by atoms with van der Waals surface area (Å²) in [5.41, 5.74) is 2.39. The molecule has 1 aromatic rings. The maximum atomic E-state index is 4.45. The predicted octanol–water partition coefficient (Wildman–Crippen LogP) is 2.53. The third-order valence-corrected chi connectivity index (χ3v) is 2.63. The van der Waals surface area contributed by atoms with Crippen LogP contribution in [0.2, 0.25) is 0 Å². The fourth-order valence-electron chi connectivity index (χ4n) is 1.80. The summed E-state index contributed by atoms with van der Waals surface area (Å²) >= 11 is 0. The highest BCUT2D eigenvalue weighted by atomic mass is 15.3. The number of hydrogen-bond acceptors (Lipinski definition) is 2. The average Bonchev–Trinajstić information content (AvgIpc) is 2.50. The third-order valence-electron chi connectivity index (χ3n) is 2.63. The van der Waals surface area contributed by atoms with Crippen LogP contribution >= 0.6 is 0 Å². The number of nitrogens with zero attached hydrogens (tertiary/aromatic N) is 2. The first-order chi connectivity index (χ1) is 7.59. The molecule has 0 spiro atoms. The lowest BCUT2D eigenvalue weighted by Gasteiger charge is -2.07. The van der Waals surface area contributed by atoms with Crippen LogP contribution in [0.1, 0.15) is 38.1 Å². The van der Waals surface area contributed by atoms with E-state index >= 15 is 0 Å². The number of unbranched alkanes of at least 4 members (excludes halogenated alkanes) is 1. The number of aromatic nitrogens is 2. The van der Waals surface area contributed by atoms with Gasteiger partial charge in [-0.3, -0.25) is 4.68 Å². The van der Waals surface area contributed by atoms with E-state index in [1.54, 1.807) is 0 Å². The molecule has 0 bridgehead atoms. The second kappa shape index (κ2) is 6.69. The van der Waals surface area contributed by atoms with Crippen LogP contribution < -0.4 is 5.32 Å². The summed E-state index contributed by atoms with van der Waals surface area (Å²) in [4.78, 5) is 0. The molecule has 92 valence electrons. The molecule has 1 rings (SSSR count). The van der Waals surface area contributed by atoms with E-state index in [4.69, 9.17) is 0 Å². The highest BCUT2D eigenvalue weighted by Gasteiger charge is 1.99. The van der Waals surface area contributed by atoms with E-state index in [2.05, 4.69) is 41.9 Å². The van der Waals surface area contributed by atoms with Crippen LogP contribution in [0.3, 0.4) is 0 Å². The summed E-state index contributed by atoms with van der Waals surface area (Å²) in [5.74, 6) is 0.746. The van der Waals surface area contributed by atoms with Gasteiger partial charge in [0.25, 0.3) is 0 Å². The highest BCUT2D eigenvalue weighted by Crippen LogP contribution is 2.03. The molecule has 0 aromatic carbocycles. The Kier molecular flexibility index (Phi) is 5.53. The van der Waals surface area contributed by atoms with Crippen molar-refractivity contribution in [1.82, 2.24) is 15.1 Å². The molecular weight excluding hydrogens is 198 g/mol. The van der Waals surface area contributed by atoms with Crippen LogP contribution in [0.15, 0.2) is 6.07 Å². The summed E-state index contributed by atoms with van der Waals surface area (Å²) in [5, 5.41) is 7.91. The second-order valence-corrected chi connectivity index (χ2v) is 4.96. The number of nitrogens with one attached hydrogen (secondary N) is 1. The Hall–Kier alpha value is -0.830. The second-order valence-electron chi connectivity index (χ2n) is 4.96. The molecule has 0 aliphatic rings. The Morgan fingerprint density at radius 1 is 1.31 bits per heavy atom. The quantitative estimate of drug-likeness (QED) is 0.720. The Morgan fingerprint density at radius 2 is 2.06 bits per heavy atom. The minimum absolute atomic E-state index is 0.746. The van der Waals surface area contributed by atoms with E-state index in [-0.39, 0.29) is 0 Å². The van der Waals surface area contributed by atoms with Crippen molar-refractivity contribution in [1.29, 1.82) is 0 Å². The minimum Gasteiger partial charge on any atom is -0.316 e. The number of hydrogen-bond donors (Lipinski definition) is 1. The standard InChI is InChI=1S/C13H25N3/c1-11(2)10-14-7-5-6-8-16-13(4)9-12(3)15-16/h9,11,14H,5-8,10H2,1-4H3. The Bertz CT molecular complexity index is 302. The molecule has 16 heavy (non-hydrogen) atoms. The van der Waals surface area contributed by atoms with Crippen molar-refractivity contribution in [3.05, 3.63) is 17.5 Å². The van der Waals surface area contributed by atoms with Crippen LogP contribution in [0.5, 0.6) is 0 Å². The summed E-state index contributed by atoms with van der Waals surface area (Å²) in [7, 11) is 0. The SMILES string of the molecule is Cc1cc(C)n(CCCCNCC(C)C)n1. The first-order valence-corrected chi connectivity index (χ1v) is 6.31. The molecule has 1 aromatic heterocycles. The van der Waals surface area contributed by atoms with Gasteiger partial charge in [0.1, 0.15) is 0 Å². The minimum atomic E-state index is 0.746. The molecule has 0 atom stereocenters. The zero-order valence-electron chi connectivity index (χ0n) is 11.1. The van der Waals surface area contributed by atoms with Crippen LogP contribution in [-0.4, -0.2) is 22.9 Å². The van der Waals surface area contributed by atoms with Crippen molar-refractivity contribution in [2.75, 3.05) is 13.1 Å². The maximum absolute atomic E-state index is 4.45. The molecule has 0 saturated carbocycles. The molecule has 0 radical (unpaired) electrons. The first-order valence-electron chi connectivity index (χ1n) is 6.31. The van der Waals surface area contributed by atoms with E-state index in [9.17, 15) is 0 Å². The Labute approximate surface area is 99.2 Å². The molecular formula is C13H25N3. The summed E-state index contributed by atoms with van der Waals surface area (Å²) in [6.07, 6.45) is 2.43. The van der Waals surface area contributed by atoms with Gasteiger partial charge in [0, 0.05) is 12.2 Å². The number of rotatable bonds is 7. The highest BCUT2D eigenvalue weighted by molar-refractivity contribution is 5.06. The monoisotopic (exact) mass is 223 g/mol. The summed E-state index contributed by atoms with van der Waals surface area (Å²) < 4.78 is 2.11. The molecule has 0 aliphatic carbocycles. The topological polar surface area (TPSA) is 29.9 Å². The molecule has 3 nitrogen and oxygen atoms in total. The lowest BCUT2D eigenvalue weighted by molar-refractivity contribution is 0.501. The Morgan fingerprint density at radius 3 is 2.62 bits per heavy atom. The van der Waals surface area contributed by atoms with Crippen molar-refractivity contribution in [2.24, 2.45) is 5.92 Å². The fraction of sp³-hybridized carbons (Fsp3) is 0.769. The van der Waals surface area contributed by atoms with Gasteiger partial charge in [-0.15, -0.1) is 0 Å². The van der Waals surface area contributed by atoms with Gasteiger partial charge in [-0.05, 0) is 51.8 Å². The van der Waals surface area contributed by atoms with E-state index in [0.29, 0.717) is 0 Å². The van der Waals surface area contributed by atoms with Gasteiger partial charge in [0.15, 0.2) is 0 Å². The molecule has 3 heteroatoms. The van der Waals surface area contributed by atoms with Crippen molar-refractivity contribution in [2.45, 2.75) is 47.1 Å². The largest absolute Gasteiger partial charge is 0.316 e.